The molecular weight excluding hydrogens is 410 g/mol. The first kappa shape index (κ1) is 21.2. The summed E-state index contributed by atoms with van der Waals surface area (Å²) in [7, 11) is 0. The molecule has 1 fully saturated rings. The van der Waals surface area contributed by atoms with Crippen molar-refractivity contribution in [2.75, 3.05) is 36.9 Å². The van der Waals surface area contributed by atoms with Crippen LogP contribution in [0.15, 0.2) is 54.7 Å². The van der Waals surface area contributed by atoms with E-state index in [1.807, 2.05) is 42.5 Å². The first-order valence-electron chi connectivity index (χ1n) is 10.1. The van der Waals surface area contributed by atoms with E-state index in [0.717, 1.165) is 24.3 Å². The standard InChI is InChI=1S/C22H21N7O3/c23-13-17-14-24-22(27-21(17)25-18-4-2-1-3-5-18)26-19-7-6-16(12-20(19)29(30)31)15-28-8-10-32-11-9-28/h1-7,12,14H,8-11,15H2,(H2,24,25,26,27). The molecular formula is C22H21N7O3. The third-order valence-electron chi connectivity index (χ3n) is 4.96. The molecule has 0 radical (unpaired) electrons. The Kier molecular flexibility index (Phi) is 6.50. The molecule has 32 heavy (non-hydrogen) atoms. The van der Waals surface area contributed by atoms with Crippen LogP contribution in [-0.2, 0) is 11.3 Å². The molecule has 0 spiro atoms. The van der Waals surface area contributed by atoms with Gasteiger partial charge in [0.05, 0.1) is 24.3 Å². The average molecular weight is 431 g/mol. The van der Waals surface area contributed by atoms with Crippen LogP contribution in [0.2, 0.25) is 0 Å². The van der Waals surface area contributed by atoms with E-state index in [0.29, 0.717) is 25.6 Å². The number of nitriles is 1. The molecule has 162 valence electrons. The minimum atomic E-state index is -0.433. The predicted octanol–water partition coefficient (Wildman–Crippen LogP) is 3.58. The number of ether oxygens (including phenoxy) is 1. The highest BCUT2D eigenvalue weighted by Crippen LogP contribution is 2.29. The summed E-state index contributed by atoms with van der Waals surface area (Å²) in [5, 5.41) is 27.1. The van der Waals surface area contributed by atoms with Crippen LogP contribution in [0.3, 0.4) is 0 Å². The SMILES string of the molecule is N#Cc1cnc(Nc2ccc(CN3CCOCC3)cc2[N+](=O)[O-])nc1Nc1ccccc1. The van der Waals surface area contributed by atoms with Crippen LogP contribution in [0.25, 0.3) is 0 Å². The number of aromatic nitrogens is 2. The van der Waals surface area contributed by atoms with E-state index < -0.39 is 4.92 Å². The maximum Gasteiger partial charge on any atom is 0.293 e. The van der Waals surface area contributed by atoms with Gasteiger partial charge < -0.3 is 15.4 Å². The van der Waals surface area contributed by atoms with E-state index in [1.54, 1.807) is 12.1 Å². The van der Waals surface area contributed by atoms with Crippen molar-refractivity contribution < 1.29 is 9.66 Å². The molecule has 10 heteroatoms. The number of hydrogen-bond donors (Lipinski definition) is 2. The Balaban J connectivity index is 1.56. The van der Waals surface area contributed by atoms with Crippen molar-refractivity contribution in [1.82, 2.24) is 14.9 Å². The summed E-state index contributed by atoms with van der Waals surface area (Å²) in [5.41, 5.74) is 2.07. The van der Waals surface area contributed by atoms with Gasteiger partial charge in [-0.25, -0.2) is 4.98 Å². The fourth-order valence-corrected chi connectivity index (χ4v) is 3.35. The number of nitro groups is 1. The summed E-state index contributed by atoms with van der Waals surface area (Å²) in [4.78, 5) is 21.9. The molecule has 1 saturated heterocycles. The number of rotatable bonds is 7. The average Bonchev–Trinajstić information content (AvgIpc) is 2.81. The molecule has 3 aromatic rings. The molecule has 0 atom stereocenters. The molecule has 2 heterocycles. The maximum atomic E-state index is 11.7. The normalized spacial score (nSPS) is 13.8. The van der Waals surface area contributed by atoms with Crippen LogP contribution in [0.1, 0.15) is 11.1 Å². The molecule has 10 nitrogen and oxygen atoms in total. The molecule has 4 rings (SSSR count). The molecule has 0 unspecified atom stereocenters. The first-order valence-corrected chi connectivity index (χ1v) is 10.1. The number of nitrogens with one attached hydrogen (secondary N) is 2. The molecule has 1 aliphatic rings. The van der Waals surface area contributed by atoms with Crippen LogP contribution in [0, 0.1) is 21.4 Å². The Morgan fingerprint density at radius 1 is 1.16 bits per heavy atom. The minimum absolute atomic E-state index is 0.0683. The molecule has 2 N–H and O–H groups in total. The summed E-state index contributed by atoms with van der Waals surface area (Å²) < 4.78 is 5.35. The van der Waals surface area contributed by atoms with E-state index in [2.05, 4.69) is 25.5 Å². The van der Waals surface area contributed by atoms with Crippen LogP contribution in [0.4, 0.5) is 28.8 Å². The second-order valence-corrected chi connectivity index (χ2v) is 7.18. The van der Waals surface area contributed by atoms with Crippen LogP contribution in [-0.4, -0.2) is 46.1 Å². The summed E-state index contributed by atoms with van der Waals surface area (Å²) in [6.45, 7) is 3.53. The lowest BCUT2D eigenvalue weighted by Gasteiger charge is -2.26. The fraction of sp³-hybridized carbons (Fsp3) is 0.227. The van der Waals surface area contributed by atoms with Gasteiger partial charge >= 0.3 is 0 Å². The van der Waals surface area contributed by atoms with Gasteiger partial charge in [0.15, 0.2) is 5.82 Å². The van der Waals surface area contributed by atoms with Crippen molar-refractivity contribution in [3.05, 3.63) is 76.0 Å². The van der Waals surface area contributed by atoms with Crippen molar-refractivity contribution in [2.45, 2.75) is 6.54 Å². The number of anilines is 4. The minimum Gasteiger partial charge on any atom is -0.379 e. The largest absolute Gasteiger partial charge is 0.379 e. The summed E-state index contributed by atoms with van der Waals surface area (Å²) in [6.07, 6.45) is 1.37. The molecule has 2 aromatic carbocycles. The number of morpholine rings is 1. The Hall–Kier alpha value is -4.07. The summed E-state index contributed by atoms with van der Waals surface area (Å²) >= 11 is 0. The van der Waals surface area contributed by atoms with Crippen molar-refractivity contribution in [3.63, 3.8) is 0 Å². The van der Waals surface area contributed by atoms with Gasteiger partial charge in [0.2, 0.25) is 5.95 Å². The van der Waals surface area contributed by atoms with Gasteiger partial charge in [-0.1, -0.05) is 24.3 Å². The number of para-hydroxylation sites is 1. The highest BCUT2D eigenvalue weighted by Gasteiger charge is 2.18. The molecule has 0 saturated carbocycles. The molecule has 0 bridgehead atoms. The Morgan fingerprint density at radius 3 is 2.66 bits per heavy atom. The number of benzene rings is 2. The van der Waals surface area contributed by atoms with Crippen LogP contribution < -0.4 is 10.6 Å². The lowest BCUT2D eigenvalue weighted by Crippen LogP contribution is -2.35. The zero-order valence-corrected chi connectivity index (χ0v) is 17.2. The Morgan fingerprint density at radius 2 is 1.94 bits per heavy atom. The fourth-order valence-electron chi connectivity index (χ4n) is 3.35. The van der Waals surface area contributed by atoms with E-state index in [4.69, 9.17) is 4.74 Å². The molecule has 1 aromatic heterocycles. The van der Waals surface area contributed by atoms with Crippen LogP contribution in [0.5, 0.6) is 0 Å². The summed E-state index contributed by atoms with van der Waals surface area (Å²) in [5.74, 6) is 0.453. The van der Waals surface area contributed by atoms with E-state index in [-0.39, 0.29) is 22.9 Å². The van der Waals surface area contributed by atoms with Gasteiger partial charge in [-0.2, -0.15) is 10.2 Å². The second-order valence-electron chi connectivity index (χ2n) is 7.18. The van der Waals surface area contributed by atoms with Gasteiger partial charge in [0, 0.05) is 31.4 Å². The third-order valence-corrected chi connectivity index (χ3v) is 4.96. The lowest BCUT2D eigenvalue weighted by atomic mass is 10.1. The van der Waals surface area contributed by atoms with E-state index in [9.17, 15) is 15.4 Å². The monoisotopic (exact) mass is 431 g/mol. The van der Waals surface area contributed by atoms with Gasteiger partial charge in [-0.05, 0) is 23.8 Å². The van der Waals surface area contributed by atoms with Crippen molar-refractivity contribution in [1.29, 1.82) is 5.26 Å². The van der Waals surface area contributed by atoms with Gasteiger partial charge in [-0.15, -0.1) is 0 Å². The van der Waals surface area contributed by atoms with Crippen molar-refractivity contribution in [3.8, 4) is 6.07 Å². The van der Waals surface area contributed by atoms with E-state index >= 15 is 0 Å². The predicted molar refractivity (Wildman–Crippen MR) is 119 cm³/mol. The van der Waals surface area contributed by atoms with Crippen molar-refractivity contribution >= 4 is 28.8 Å². The molecule has 1 aliphatic heterocycles. The first-order chi connectivity index (χ1) is 15.6. The van der Waals surface area contributed by atoms with Crippen LogP contribution >= 0.6 is 0 Å². The smallest absolute Gasteiger partial charge is 0.293 e. The van der Waals surface area contributed by atoms with Gasteiger partial charge in [0.25, 0.3) is 5.69 Å². The second kappa shape index (κ2) is 9.82. The quantitative estimate of drug-likeness (QED) is 0.426. The number of nitrogens with zero attached hydrogens (tertiary/aromatic N) is 5. The van der Waals surface area contributed by atoms with Gasteiger partial charge in [-0.3, -0.25) is 15.0 Å². The molecule has 0 aliphatic carbocycles. The Bertz CT molecular complexity index is 1140. The Labute approximate surface area is 184 Å². The van der Waals surface area contributed by atoms with Crippen molar-refractivity contribution in [2.24, 2.45) is 0 Å². The maximum absolute atomic E-state index is 11.7. The highest BCUT2D eigenvalue weighted by atomic mass is 16.6. The summed E-state index contributed by atoms with van der Waals surface area (Å²) in [6, 6.07) is 16.4. The van der Waals surface area contributed by atoms with E-state index in [1.165, 1.54) is 6.20 Å². The third kappa shape index (κ3) is 5.15. The topological polar surface area (TPSA) is 129 Å². The van der Waals surface area contributed by atoms with Gasteiger partial charge in [0.1, 0.15) is 17.3 Å². The number of hydrogen-bond acceptors (Lipinski definition) is 9. The zero-order valence-electron chi connectivity index (χ0n) is 17.2. The number of nitro benzene ring substituents is 1. The highest BCUT2D eigenvalue weighted by molar-refractivity contribution is 5.69. The molecule has 0 amide bonds. The lowest BCUT2D eigenvalue weighted by molar-refractivity contribution is -0.384. The zero-order chi connectivity index (χ0) is 22.3.